The van der Waals surface area contributed by atoms with Crippen molar-refractivity contribution in [2.24, 2.45) is 45.8 Å². The summed E-state index contributed by atoms with van der Waals surface area (Å²) in [7, 11) is 0. The molecule has 0 spiro atoms. The van der Waals surface area contributed by atoms with Gasteiger partial charge in [0.15, 0.2) is 0 Å². The lowest BCUT2D eigenvalue weighted by Gasteiger charge is -2.71. The number of hydrogen-bond acceptors (Lipinski definition) is 3. The van der Waals surface area contributed by atoms with Crippen LogP contribution in [-0.2, 0) is 4.79 Å². The zero-order valence-electron chi connectivity index (χ0n) is 28.5. The van der Waals surface area contributed by atoms with Crippen molar-refractivity contribution in [1.82, 2.24) is 15.5 Å². The summed E-state index contributed by atoms with van der Waals surface area (Å²) in [4.78, 5) is 38.6. The van der Waals surface area contributed by atoms with E-state index in [0.717, 1.165) is 32.2 Å². The van der Waals surface area contributed by atoms with Crippen LogP contribution in [-0.4, -0.2) is 53.1 Å². The topological polar surface area (TPSA) is 98.7 Å². The third-order valence-electron chi connectivity index (χ3n) is 15.2. The number of aromatic carboxylic acids is 1. The lowest BCUT2D eigenvalue weighted by Crippen LogP contribution is -2.67. The number of benzene rings is 1. The van der Waals surface area contributed by atoms with Crippen LogP contribution < -0.4 is 10.6 Å². The molecule has 7 nitrogen and oxygen atoms in total. The number of allylic oxidation sites excluding steroid dienone is 2. The molecule has 9 atom stereocenters. The van der Waals surface area contributed by atoms with Crippen molar-refractivity contribution in [3.05, 3.63) is 41.5 Å². The molecule has 4 saturated carbocycles. The van der Waals surface area contributed by atoms with E-state index in [9.17, 15) is 19.5 Å². The van der Waals surface area contributed by atoms with Crippen LogP contribution in [0.25, 0.3) is 5.57 Å². The maximum absolute atomic E-state index is 13.3. The largest absolute Gasteiger partial charge is 0.478 e. The lowest BCUT2D eigenvalue weighted by molar-refractivity contribution is -0.210. The highest BCUT2D eigenvalue weighted by atomic mass is 16.4. The van der Waals surface area contributed by atoms with E-state index in [-0.39, 0.29) is 33.7 Å². The number of nitrogens with zero attached hydrogens (tertiary/aromatic N) is 1. The Morgan fingerprint density at radius 3 is 2.41 bits per heavy atom. The number of hydrogen-bond donors (Lipinski definition) is 3. The Balaban J connectivity index is 1.07. The number of carbonyl (C=O) groups excluding carboxylic acids is 2. The number of carboxylic acid groups (broad SMARTS) is 1. The molecule has 5 fully saturated rings. The third kappa shape index (κ3) is 4.76. The Labute approximate surface area is 275 Å². The summed E-state index contributed by atoms with van der Waals surface area (Å²) in [6, 6.07) is 7.46. The van der Waals surface area contributed by atoms with Gasteiger partial charge in [0, 0.05) is 31.6 Å². The van der Waals surface area contributed by atoms with Crippen LogP contribution >= 0.6 is 0 Å². The number of rotatable bonds is 6. The van der Waals surface area contributed by atoms with E-state index in [1.54, 1.807) is 12.1 Å². The fraction of sp³-hybridized carbons (Fsp3) is 0.718. The molecular formula is C39H55N3O4. The summed E-state index contributed by atoms with van der Waals surface area (Å²) in [5, 5.41) is 16.1. The maximum Gasteiger partial charge on any atom is 0.335 e. The molecule has 0 radical (unpaired) electrons. The molecule has 1 saturated heterocycles. The van der Waals surface area contributed by atoms with Crippen molar-refractivity contribution in [2.45, 2.75) is 110 Å². The summed E-state index contributed by atoms with van der Waals surface area (Å²) < 4.78 is 0. The van der Waals surface area contributed by atoms with Crippen LogP contribution in [0, 0.1) is 45.8 Å². The van der Waals surface area contributed by atoms with Crippen LogP contribution in [0.5, 0.6) is 0 Å². The monoisotopic (exact) mass is 629 g/mol. The zero-order valence-corrected chi connectivity index (χ0v) is 28.5. The third-order valence-corrected chi connectivity index (χ3v) is 15.2. The van der Waals surface area contributed by atoms with E-state index in [1.807, 2.05) is 17.0 Å². The van der Waals surface area contributed by atoms with Crippen LogP contribution in [0.3, 0.4) is 0 Å². The average Bonchev–Trinajstić information content (AvgIpc) is 3.63. The minimum atomic E-state index is -0.872. The van der Waals surface area contributed by atoms with Crippen molar-refractivity contribution >= 4 is 23.5 Å². The molecule has 3 amide bonds. The maximum atomic E-state index is 13.3. The Bertz CT molecular complexity index is 1420. The number of likely N-dealkylation sites (tertiary alicyclic amines) is 1. The van der Waals surface area contributed by atoms with Gasteiger partial charge in [-0.3, -0.25) is 4.79 Å². The number of carboxylic acids is 1. The van der Waals surface area contributed by atoms with Crippen molar-refractivity contribution in [3.8, 4) is 0 Å². The molecule has 3 N–H and O–H groups in total. The first-order chi connectivity index (χ1) is 21.9. The van der Waals surface area contributed by atoms with Crippen LogP contribution in [0.15, 0.2) is 30.3 Å². The fourth-order valence-corrected chi connectivity index (χ4v) is 12.7. The minimum Gasteiger partial charge on any atom is -0.478 e. The normalized spacial score (nSPS) is 41.5. The first kappa shape index (κ1) is 31.8. The summed E-state index contributed by atoms with van der Waals surface area (Å²) in [6.07, 6.45) is 15.9. The van der Waals surface area contributed by atoms with Gasteiger partial charge in [-0.05, 0) is 133 Å². The van der Waals surface area contributed by atoms with Gasteiger partial charge in [0.25, 0.3) is 0 Å². The van der Waals surface area contributed by atoms with E-state index in [1.165, 1.54) is 56.1 Å². The Morgan fingerprint density at radius 2 is 1.70 bits per heavy atom. The molecule has 0 aromatic heterocycles. The molecule has 0 bridgehead atoms. The molecule has 6 aliphatic rings. The van der Waals surface area contributed by atoms with E-state index in [2.05, 4.69) is 44.4 Å². The van der Waals surface area contributed by atoms with Gasteiger partial charge < -0.3 is 20.6 Å². The van der Waals surface area contributed by atoms with Gasteiger partial charge in [0.1, 0.15) is 0 Å². The molecular weight excluding hydrogens is 574 g/mol. The average molecular weight is 630 g/mol. The fourth-order valence-electron chi connectivity index (χ4n) is 12.7. The van der Waals surface area contributed by atoms with Crippen LogP contribution in [0.1, 0.15) is 121 Å². The highest BCUT2D eigenvalue weighted by molar-refractivity contribution is 5.88. The molecule has 7 heteroatoms. The Hall–Kier alpha value is -2.83. The Morgan fingerprint density at radius 1 is 0.913 bits per heavy atom. The molecule has 250 valence electrons. The highest BCUT2D eigenvalue weighted by Crippen LogP contribution is 2.75. The van der Waals surface area contributed by atoms with E-state index in [4.69, 9.17) is 0 Å². The van der Waals surface area contributed by atoms with E-state index >= 15 is 0 Å². The molecule has 7 rings (SSSR count). The van der Waals surface area contributed by atoms with Crippen molar-refractivity contribution in [1.29, 1.82) is 0 Å². The number of fused-ring (bicyclic) bond motifs is 7. The zero-order chi connectivity index (χ0) is 32.5. The van der Waals surface area contributed by atoms with Gasteiger partial charge in [-0.2, -0.15) is 0 Å². The van der Waals surface area contributed by atoms with Gasteiger partial charge in [0.2, 0.25) is 5.91 Å². The first-order valence-electron chi connectivity index (χ1n) is 18.3. The van der Waals surface area contributed by atoms with Gasteiger partial charge in [-0.1, -0.05) is 52.3 Å². The smallest absolute Gasteiger partial charge is 0.335 e. The number of nitrogens with one attached hydrogen (secondary N) is 2. The highest BCUT2D eigenvalue weighted by Gasteiger charge is 2.68. The van der Waals surface area contributed by atoms with Crippen molar-refractivity contribution < 1.29 is 19.5 Å². The van der Waals surface area contributed by atoms with Gasteiger partial charge in [0.05, 0.1) is 5.56 Å². The number of carbonyl (C=O) groups is 3. The summed E-state index contributed by atoms with van der Waals surface area (Å²) in [5.74, 6) is 2.25. The SMILES string of the molecule is CC1C(c2ccc(C(=O)O)cc2)=CCC2(C)C1CCC1(C)C2CCC2C3CCCC3(NC(=O)NCCN3CCCC3=O)CC[C@]21C. The van der Waals surface area contributed by atoms with Gasteiger partial charge in [-0.25, -0.2) is 9.59 Å². The quantitative estimate of drug-likeness (QED) is 0.303. The van der Waals surface area contributed by atoms with Gasteiger partial charge in [-0.15, -0.1) is 0 Å². The second-order valence-electron chi connectivity index (χ2n) is 16.8. The van der Waals surface area contributed by atoms with Crippen molar-refractivity contribution in [3.63, 3.8) is 0 Å². The van der Waals surface area contributed by atoms with E-state index < -0.39 is 5.97 Å². The summed E-state index contributed by atoms with van der Waals surface area (Å²) in [5.41, 5.74) is 3.60. The predicted molar refractivity (Wildman–Crippen MR) is 180 cm³/mol. The molecule has 1 aliphatic heterocycles. The second-order valence-corrected chi connectivity index (χ2v) is 16.8. The molecule has 1 heterocycles. The minimum absolute atomic E-state index is 0.0496. The molecule has 1 aromatic rings. The van der Waals surface area contributed by atoms with Crippen molar-refractivity contribution in [2.75, 3.05) is 19.6 Å². The number of urea groups is 1. The Kier molecular flexibility index (Phi) is 7.87. The van der Waals surface area contributed by atoms with E-state index in [0.29, 0.717) is 54.7 Å². The van der Waals surface area contributed by atoms with Crippen LogP contribution in [0.2, 0.25) is 0 Å². The summed E-state index contributed by atoms with van der Waals surface area (Å²) in [6.45, 7) is 12.2. The number of amides is 3. The molecule has 1 aromatic carbocycles. The molecule has 5 aliphatic carbocycles. The van der Waals surface area contributed by atoms with Crippen LogP contribution in [0.4, 0.5) is 4.79 Å². The first-order valence-corrected chi connectivity index (χ1v) is 18.3. The molecule has 46 heavy (non-hydrogen) atoms. The summed E-state index contributed by atoms with van der Waals surface area (Å²) >= 11 is 0. The molecule has 8 unspecified atom stereocenters. The lowest BCUT2D eigenvalue weighted by atomic mass is 9.34. The van der Waals surface area contributed by atoms with Gasteiger partial charge >= 0.3 is 12.0 Å². The second kappa shape index (κ2) is 11.4. The predicted octanol–water partition coefficient (Wildman–Crippen LogP) is 7.52. The standard InChI is InChI=1S/C39H55N3O4/c1-25-28(26-9-11-27(12-10-26)34(44)45)15-18-36(2)29(25)16-19-38(4)32(36)14-13-30-31-7-5-17-39(31,21-20-37(30,38)3)41-35(46)40-22-24-42-23-6-8-33(42)43/h9-12,15,25,29-32H,5-8,13-14,16-24H2,1-4H3,(H,44,45)(H2,40,41,46)/t25?,29?,30?,31?,32?,36?,37-,38?,39?/m1/s1.